The molecule has 1 aromatic rings. The second-order valence-electron chi connectivity index (χ2n) is 5.03. The molecule has 0 aromatic heterocycles. The van der Waals surface area contributed by atoms with Gasteiger partial charge in [-0.25, -0.2) is 13.2 Å². The number of halogens is 3. The minimum atomic E-state index is -1.63. The molecule has 1 aromatic carbocycles. The zero-order valence-electron chi connectivity index (χ0n) is 14.3. The Bertz CT molecular complexity index is 597. The van der Waals surface area contributed by atoms with Crippen molar-refractivity contribution in [2.24, 2.45) is 4.99 Å². The molecule has 0 saturated heterocycles. The third-order valence-electron chi connectivity index (χ3n) is 3.16. The molecular weight excluding hydrogens is 337 g/mol. The minimum Gasteiger partial charge on any atom is -0.382 e. The molecule has 0 saturated carbocycles. The van der Waals surface area contributed by atoms with Crippen molar-refractivity contribution in [2.75, 3.05) is 38.7 Å². The summed E-state index contributed by atoms with van der Waals surface area (Å²) in [6, 6.07) is 1.70. The fraction of sp³-hybridized carbons (Fsp3) is 0.500. The van der Waals surface area contributed by atoms with Gasteiger partial charge in [0.25, 0.3) is 0 Å². The molecule has 25 heavy (non-hydrogen) atoms. The lowest BCUT2D eigenvalue weighted by atomic mass is 10.2. The van der Waals surface area contributed by atoms with E-state index < -0.39 is 29.0 Å². The maximum atomic E-state index is 13.5. The Balaban J connectivity index is 2.35. The molecule has 3 N–H and O–H groups in total. The van der Waals surface area contributed by atoms with Crippen LogP contribution in [0, 0.1) is 17.5 Å². The van der Waals surface area contributed by atoms with Gasteiger partial charge in [0.05, 0.1) is 12.2 Å². The number of unbranched alkanes of at least 4 members (excludes halogenated alkanes) is 1. The molecule has 0 aliphatic rings. The van der Waals surface area contributed by atoms with Crippen molar-refractivity contribution in [3.63, 3.8) is 0 Å². The van der Waals surface area contributed by atoms with Crippen LogP contribution in [-0.4, -0.2) is 45.2 Å². The van der Waals surface area contributed by atoms with Crippen LogP contribution in [0.2, 0.25) is 0 Å². The largest absolute Gasteiger partial charge is 0.382 e. The lowest BCUT2D eigenvalue weighted by molar-refractivity contribution is -0.115. The number of rotatable bonds is 9. The van der Waals surface area contributed by atoms with Crippen LogP contribution in [0.15, 0.2) is 17.1 Å². The van der Waals surface area contributed by atoms with E-state index in [1.165, 1.54) is 0 Å². The second-order valence-corrected chi connectivity index (χ2v) is 5.03. The molecule has 0 aliphatic heterocycles. The Labute approximate surface area is 144 Å². The Hall–Kier alpha value is -2.29. The third kappa shape index (κ3) is 7.42. The van der Waals surface area contributed by atoms with E-state index in [9.17, 15) is 18.0 Å². The van der Waals surface area contributed by atoms with Crippen LogP contribution in [0.5, 0.6) is 0 Å². The quantitative estimate of drug-likeness (QED) is 0.273. The molecule has 1 amide bonds. The first kappa shape index (κ1) is 20.8. The average molecular weight is 360 g/mol. The number of amides is 1. The zero-order chi connectivity index (χ0) is 18.7. The first-order valence-corrected chi connectivity index (χ1v) is 7.95. The smallest absolute Gasteiger partial charge is 0.243 e. The van der Waals surface area contributed by atoms with Crippen molar-refractivity contribution >= 4 is 17.6 Å². The second kappa shape index (κ2) is 11.3. The number of aliphatic imine (C=N–C) groups is 1. The van der Waals surface area contributed by atoms with Crippen LogP contribution in [0.4, 0.5) is 18.9 Å². The Morgan fingerprint density at radius 3 is 2.60 bits per heavy atom. The van der Waals surface area contributed by atoms with Gasteiger partial charge in [0.2, 0.25) is 5.91 Å². The topological polar surface area (TPSA) is 74.8 Å². The summed E-state index contributed by atoms with van der Waals surface area (Å²) in [5.74, 6) is -4.61. The van der Waals surface area contributed by atoms with Gasteiger partial charge < -0.3 is 20.7 Å². The molecule has 0 radical (unpaired) electrons. The van der Waals surface area contributed by atoms with E-state index in [0.717, 1.165) is 25.0 Å². The number of hydrogen-bond donors (Lipinski definition) is 3. The number of benzene rings is 1. The molecule has 0 spiro atoms. The molecule has 9 heteroatoms. The van der Waals surface area contributed by atoms with E-state index in [4.69, 9.17) is 4.74 Å². The lowest BCUT2D eigenvalue weighted by Gasteiger charge is -2.12. The molecule has 0 bridgehead atoms. The van der Waals surface area contributed by atoms with Crippen LogP contribution in [0.3, 0.4) is 0 Å². The molecule has 0 fully saturated rings. The van der Waals surface area contributed by atoms with Crippen LogP contribution in [-0.2, 0) is 9.53 Å². The fourth-order valence-electron chi connectivity index (χ4n) is 1.88. The third-order valence-corrected chi connectivity index (χ3v) is 3.16. The summed E-state index contributed by atoms with van der Waals surface area (Å²) >= 11 is 0. The van der Waals surface area contributed by atoms with Crippen molar-refractivity contribution < 1.29 is 22.7 Å². The summed E-state index contributed by atoms with van der Waals surface area (Å²) in [6.45, 7) is 3.74. The number of hydrogen-bond acceptors (Lipinski definition) is 3. The lowest BCUT2D eigenvalue weighted by Crippen LogP contribution is -2.41. The first-order valence-electron chi connectivity index (χ1n) is 7.95. The highest BCUT2D eigenvalue weighted by Gasteiger charge is 2.15. The van der Waals surface area contributed by atoms with Gasteiger partial charge in [-0.2, -0.15) is 0 Å². The van der Waals surface area contributed by atoms with Gasteiger partial charge in [0, 0.05) is 26.8 Å². The van der Waals surface area contributed by atoms with Crippen LogP contribution in [0.1, 0.15) is 19.8 Å². The standard InChI is InChI=1S/C16H23F3N4O2/c1-3-25-9-5-4-8-21-16(20-2)22-10-13(24)23-12-7-6-11(17)14(18)15(12)19/h6-7H,3-5,8-10H2,1-2H3,(H,23,24)(H2,20,21,22). The highest BCUT2D eigenvalue weighted by Crippen LogP contribution is 2.19. The molecule has 0 aliphatic carbocycles. The van der Waals surface area contributed by atoms with Gasteiger partial charge in [-0.05, 0) is 31.9 Å². The summed E-state index contributed by atoms with van der Waals surface area (Å²) in [5, 5.41) is 7.92. The number of anilines is 1. The number of guanidine groups is 1. The molecule has 1 rings (SSSR count). The van der Waals surface area contributed by atoms with Crippen molar-refractivity contribution in [2.45, 2.75) is 19.8 Å². The monoisotopic (exact) mass is 360 g/mol. The molecular formula is C16H23F3N4O2. The number of carbonyl (C=O) groups excluding carboxylic acids is 1. The Morgan fingerprint density at radius 2 is 1.92 bits per heavy atom. The first-order chi connectivity index (χ1) is 12.0. The van der Waals surface area contributed by atoms with E-state index in [-0.39, 0.29) is 6.54 Å². The highest BCUT2D eigenvalue weighted by molar-refractivity contribution is 5.95. The van der Waals surface area contributed by atoms with Gasteiger partial charge in [0.1, 0.15) is 0 Å². The number of nitrogens with zero attached hydrogens (tertiary/aromatic N) is 1. The molecule has 6 nitrogen and oxygen atoms in total. The minimum absolute atomic E-state index is 0.211. The van der Waals surface area contributed by atoms with Crippen molar-refractivity contribution in [1.82, 2.24) is 10.6 Å². The zero-order valence-corrected chi connectivity index (χ0v) is 14.3. The number of carbonyl (C=O) groups is 1. The summed E-state index contributed by atoms with van der Waals surface area (Å²) in [6.07, 6.45) is 1.76. The van der Waals surface area contributed by atoms with Gasteiger partial charge in [-0.3, -0.25) is 9.79 Å². The van der Waals surface area contributed by atoms with E-state index in [1.54, 1.807) is 7.05 Å². The van der Waals surface area contributed by atoms with Crippen molar-refractivity contribution in [1.29, 1.82) is 0 Å². The highest BCUT2D eigenvalue weighted by atomic mass is 19.2. The fourth-order valence-corrected chi connectivity index (χ4v) is 1.88. The van der Waals surface area contributed by atoms with Crippen LogP contribution in [0.25, 0.3) is 0 Å². The molecule has 0 atom stereocenters. The van der Waals surface area contributed by atoms with Crippen LogP contribution < -0.4 is 16.0 Å². The van der Waals surface area contributed by atoms with Gasteiger partial charge in [-0.15, -0.1) is 0 Å². The van der Waals surface area contributed by atoms with Crippen molar-refractivity contribution in [3.05, 3.63) is 29.6 Å². The maximum absolute atomic E-state index is 13.5. The van der Waals surface area contributed by atoms with E-state index in [1.807, 2.05) is 6.92 Å². The van der Waals surface area contributed by atoms with Gasteiger partial charge >= 0.3 is 0 Å². The van der Waals surface area contributed by atoms with Gasteiger partial charge in [-0.1, -0.05) is 0 Å². The van der Waals surface area contributed by atoms with Gasteiger partial charge in [0.15, 0.2) is 23.4 Å². The maximum Gasteiger partial charge on any atom is 0.243 e. The van der Waals surface area contributed by atoms with E-state index in [2.05, 4.69) is 20.9 Å². The van der Waals surface area contributed by atoms with Crippen molar-refractivity contribution in [3.8, 4) is 0 Å². The molecule has 0 heterocycles. The SMILES string of the molecule is CCOCCCCNC(=NC)NCC(=O)Nc1ccc(F)c(F)c1F. The number of nitrogens with one attached hydrogen (secondary N) is 3. The van der Waals surface area contributed by atoms with E-state index in [0.29, 0.717) is 25.7 Å². The molecule has 0 unspecified atom stereocenters. The van der Waals surface area contributed by atoms with Crippen LogP contribution >= 0.6 is 0 Å². The normalized spacial score (nSPS) is 11.3. The summed E-state index contributed by atoms with van der Waals surface area (Å²) < 4.78 is 44.7. The summed E-state index contributed by atoms with van der Waals surface area (Å²) in [4.78, 5) is 15.7. The average Bonchev–Trinajstić information content (AvgIpc) is 2.61. The summed E-state index contributed by atoms with van der Waals surface area (Å²) in [7, 11) is 1.54. The Kier molecular flexibility index (Phi) is 9.38. The predicted molar refractivity (Wildman–Crippen MR) is 90.0 cm³/mol. The van der Waals surface area contributed by atoms with E-state index >= 15 is 0 Å². The predicted octanol–water partition coefficient (Wildman–Crippen LogP) is 2.02. The summed E-state index contributed by atoms with van der Waals surface area (Å²) in [5.41, 5.74) is -0.426. The Morgan fingerprint density at radius 1 is 1.16 bits per heavy atom. The molecule has 140 valence electrons. The number of ether oxygens (including phenoxy) is 1.